The van der Waals surface area contributed by atoms with Gasteiger partial charge in [-0.3, -0.25) is 9.59 Å². The molecule has 178 valence electrons. The van der Waals surface area contributed by atoms with Crippen LogP contribution in [0, 0.1) is 6.92 Å². The van der Waals surface area contributed by atoms with Crippen molar-refractivity contribution < 1.29 is 19.1 Å². The molecule has 0 atom stereocenters. The number of methoxy groups -OCH3 is 1. The number of piperazine rings is 1. The van der Waals surface area contributed by atoms with Crippen LogP contribution in [0.15, 0.2) is 42.5 Å². The van der Waals surface area contributed by atoms with Crippen molar-refractivity contribution in [2.45, 2.75) is 26.2 Å². The molecule has 1 saturated heterocycles. The van der Waals surface area contributed by atoms with E-state index in [2.05, 4.69) is 11.9 Å². The van der Waals surface area contributed by atoms with E-state index in [0.29, 0.717) is 35.8 Å². The summed E-state index contributed by atoms with van der Waals surface area (Å²) in [5.41, 5.74) is 2.25. The molecule has 0 bridgehead atoms. The Labute approximate surface area is 196 Å². The van der Waals surface area contributed by atoms with Crippen LogP contribution in [0.4, 0.5) is 5.69 Å². The van der Waals surface area contributed by atoms with Crippen LogP contribution >= 0.6 is 0 Å². The summed E-state index contributed by atoms with van der Waals surface area (Å²) in [6.45, 7) is 5.98. The number of rotatable bonds is 9. The molecule has 1 heterocycles. The zero-order valence-electron chi connectivity index (χ0n) is 20.2. The van der Waals surface area contributed by atoms with Crippen molar-refractivity contribution in [3.8, 4) is 11.5 Å². The van der Waals surface area contributed by atoms with Crippen molar-refractivity contribution in [2.24, 2.45) is 0 Å². The highest BCUT2D eigenvalue weighted by Crippen LogP contribution is 2.31. The number of hydrogen-bond donors (Lipinski definition) is 0. The Kier molecular flexibility index (Phi) is 8.72. The third-order valence-electron chi connectivity index (χ3n) is 6.02. The molecule has 33 heavy (non-hydrogen) atoms. The Bertz CT molecular complexity index is 954. The van der Waals surface area contributed by atoms with Crippen molar-refractivity contribution in [1.29, 1.82) is 0 Å². The molecule has 2 aromatic carbocycles. The number of carbonyl (C=O) groups excluding carboxylic acids is 2. The largest absolute Gasteiger partial charge is 0.496 e. The van der Waals surface area contributed by atoms with Gasteiger partial charge in [0.05, 0.1) is 25.0 Å². The fourth-order valence-corrected chi connectivity index (χ4v) is 3.90. The predicted octanol–water partition coefficient (Wildman–Crippen LogP) is 3.60. The molecule has 1 aliphatic rings. The van der Waals surface area contributed by atoms with E-state index in [1.165, 1.54) is 0 Å². The summed E-state index contributed by atoms with van der Waals surface area (Å²) in [4.78, 5) is 31.3. The molecule has 0 radical (unpaired) electrons. The van der Waals surface area contributed by atoms with E-state index in [0.717, 1.165) is 44.6 Å². The van der Waals surface area contributed by atoms with E-state index in [1.807, 2.05) is 42.2 Å². The molecule has 2 amide bonds. The van der Waals surface area contributed by atoms with E-state index in [9.17, 15) is 9.59 Å². The van der Waals surface area contributed by atoms with Crippen LogP contribution in [0.5, 0.6) is 11.5 Å². The smallest absolute Gasteiger partial charge is 0.261 e. The van der Waals surface area contributed by atoms with Gasteiger partial charge in [0, 0.05) is 39.6 Å². The molecule has 0 aromatic heterocycles. The number of hydrogen-bond acceptors (Lipinski definition) is 5. The molecule has 0 unspecified atom stereocenters. The van der Waals surface area contributed by atoms with E-state index < -0.39 is 0 Å². The molecule has 3 rings (SSSR count). The van der Waals surface area contributed by atoms with Crippen molar-refractivity contribution in [1.82, 2.24) is 9.80 Å². The van der Waals surface area contributed by atoms with Crippen LogP contribution in [-0.4, -0.2) is 75.6 Å². The molecule has 2 aromatic rings. The van der Waals surface area contributed by atoms with E-state index in [1.54, 1.807) is 31.2 Å². The normalized spacial score (nSPS) is 14.1. The molecule has 7 heteroatoms. The average molecular weight is 454 g/mol. The minimum absolute atomic E-state index is 0.168. The Balaban J connectivity index is 1.56. The topological polar surface area (TPSA) is 62.3 Å². The minimum atomic E-state index is -0.168. The third kappa shape index (κ3) is 6.48. The molecule has 7 nitrogen and oxygen atoms in total. The molecule has 0 aliphatic carbocycles. The monoisotopic (exact) mass is 453 g/mol. The SMILES string of the molecule is COc1ccccc1C(=O)N(C)c1ccc(C)cc1OCCCCC(=O)N1CCN(C)CC1. The summed E-state index contributed by atoms with van der Waals surface area (Å²) in [5, 5.41) is 0. The predicted molar refractivity (Wildman–Crippen MR) is 130 cm³/mol. The van der Waals surface area contributed by atoms with Gasteiger partial charge in [-0.25, -0.2) is 0 Å². The number of amides is 2. The van der Waals surface area contributed by atoms with Gasteiger partial charge in [-0.2, -0.15) is 0 Å². The summed E-state index contributed by atoms with van der Waals surface area (Å²) >= 11 is 0. The van der Waals surface area contributed by atoms with Crippen LogP contribution in [0.3, 0.4) is 0 Å². The molecule has 0 spiro atoms. The Morgan fingerprint density at radius 3 is 2.45 bits per heavy atom. The maximum absolute atomic E-state index is 13.1. The molecule has 1 aliphatic heterocycles. The summed E-state index contributed by atoms with van der Waals surface area (Å²) in [6.07, 6.45) is 2.10. The lowest BCUT2D eigenvalue weighted by Gasteiger charge is -2.32. The number of anilines is 1. The Morgan fingerprint density at radius 2 is 1.73 bits per heavy atom. The van der Waals surface area contributed by atoms with Gasteiger partial charge < -0.3 is 24.2 Å². The number of unbranched alkanes of at least 4 members (excludes halogenated alkanes) is 1. The summed E-state index contributed by atoms with van der Waals surface area (Å²) in [6, 6.07) is 13.0. The number of para-hydroxylation sites is 1. The first-order valence-electron chi connectivity index (χ1n) is 11.5. The van der Waals surface area contributed by atoms with E-state index >= 15 is 0 Å². The van der Waals surface area contributed by atoms with Gasteiger partial charge in [-0.15, -0.1) is 0 Å². The number of carbonyl (C=O) groups is 2. The van der Waals surface area contributed by atoms with Crippen LogP contribution in [-0.2, 0) is 4.79 Å². The Morgan fingerprint density at radius 1 is 1.00 bits per heavy atom. The number of ether oxygens (including phenoxy) is 2. The van der Waals surface area contributed by atoms with Crippen molar-refractivity contribution in [2.75, 3.05) is 58.9 Å². The van der Waals surface area contributed by atoms with Gasteiger partial charge in [0.15, 0.2) is 0 Å². The number of aryl methyl sites for hydroxylation is 1. The quantitative estimate of drug-likeness (QED) is 0.543. The Hall–Kier alpha value is -3.06. The number of nitrogens with zero attached hydrogens (tertiary/aromatic N) is 3. The minimum Gasteiger partial charge on any atom is -0.496 e. The second-order valence-electron chi connectivity index (χ2n) is 8.53. The molecule has 0 N–H and O–H groups in total. The molecular weight excluding hydrogens is 418 g/mol. The zero-order chi connectivity index (χ0) is 23.8. The van der Waals surface area contributed by atoms with Gasteiger partial charge in [-0.05, 0) is 56.6 Å². The van der Waals surface area contributed by atoms with Gasteiger partial charge in [0.1, 0.15) is 11.5 Å². The molecular formula is C26H35N3O4. The standard InChI is InChI=1S/C26H35N3O4/c1-20-12-13-22(28(3)26(31)21-9-5-6-10-23(21)32-4)24(19-20)33-18-8-7-11-25(30)29-16-14-27(2)15-17-29/h5-6,9-10,12-13,19H,7-8,11,14-18H2,1-4H3. The molecule has 0 saturated carbocycles. The highest BCUT2D eigenvalue weighted by atomic mass is 16.5. The van der Waals surface area contributed by atoms with E-state index in [4.69, 9.17) is 9.47 Å². The summed E-state index contributed by atoms with van der Waals surface area (Å²) in [5.74, 6) is 1.25. The van der Waals surface area contributed by atoms with Gasteiger partial charge >= 0.3 is 0 Å². The fraction of sp³-hybridized carbons (Fsp3) is 0.462. The number of likely N-dealkylation sites (N-methyl/N-ethyl adjacent to an activating group) is 1. The second kappa shape index (κ2) is 11.7. The summed E-state index contributed by atoms with van der Waals surface area (Å²) in [7, 11) is 5.38. The van der Waals surface area contributed by atoms with Crippen LogP contribution < -0.4 is 14.4 Å². The maximum Gasteiger partial charge on any atom is 0.261 e. The maximum atomic E-state index is 13.1. The average Bonchev–Trinajstić information content (AvgIpc) is 2.83. The summed E-state index contributed by atoms with van der Waals surface area (Å²) < 4.78 is 11.4. The van der Waals surface area contributed by atoms with Crippen molar-refractivity contribution in [3.63, 3.8) is 0 Å². The first-order chi connectivity index (χ1) is 15.9. The van der Waals surface area contributed by atoms with Crippen LogP contribution in [0.25, 0.3) is 0 Å². The first-order valence-corrected chi connectivity index (χ1v) is 11.5. The van der Waals surface area contributed by atoms with Crippen molar-refractivity contribution in [3.05, 3.63) is 53.6 Å². The van der Waals surface area contributed by atoms with Gasteiger partial charge in [0.25, 0.3) is 5.91 Å². The molecule has 1 fully saturated rings. The fourth-order valence-electron chi connectivity index (χ4n) is 3.90. The third-order valence-corrected chi connectivity index (χ3v) is 6.02. The number of benzene rings is 2. The first kappa shape index (κ1) is 24.6. The lowest BCUT2D eigenvalue weighted by molar-refractivity contribution is -0.132. The zero-order valence-corrected chi connectivity index (χ0v) is 20.2. The van der Waals surface area contributed by atoms with Crippen LogP contribution in [0.2, 0.25) is 0 Å². The van der Waals surface area contributed by atoms with Crippen molar-refractivity contribution >= 4 is 17.5 Å². The lowest BCUT2D eigenvalue weighted by atomic mass is 10.1. The van der Waals surface area contributed by atoms with Gasteiger partial charge in [0.2, 0.25) is 5.91 Å². The van der Waals surface area contributed by atoms with E-state index in [-0.39, 0.29) is 11.8 Å². The van der Waals surface area contributed by atoms with Crippen LogP contribution in [0.1, 0.15) is 35.2 Å². The second-order valence-corrected chi connectivity index (χ2v) is 8.53. The highest BCUT2D eigenvalue weighted by Gasteiger charge is 2.21. The highest BCUT2D eigenvalue weighted by molar-refractivity contribution is 6.08. The van der Waals surface area contributed by atoms with Gasteiger partial charge in [-0.1, -0.05) is 18.2 Å². The lowest BCUT2D eigenvalue weighted by Crippen LogP contribution is -2.47.